The van der Waals surface area contributed by atoms with Gasteiger partial charge in [0.2, 0.25) is 0 Å². The van der Waals surface area contributed by atoms with E-state index in [-0.39, 0.29) is 11.7 Å². The minimum atomic E-state index is -1.55. The van der Waals surface area contributed by atoms with Gasteiger partial charge in [0.25, 0.3) is 0 Å². The van der Waals surface area contributed by atoms with Crippen LogP contribution in [0.4, 0.5) is 0 Å². The Hall–Kier alpha value is -2.20. The highest BCUT2D eigenvalue weighted by atomic mass is 28.3. The summed E-state index contributed by atoms with van der Waals surface area (Å²) < 4.78 is 5.67. The lowest BCUT2D eigenvalue weighted by atomic mass is 9.99. The van der Waals surface area contributed by atoms with Gasteiger partial charge in [-0.25, -0.2) is 4.79 Å². The van der Waals surface area contributed by atoms with Crippen LogP contribution in [0, 0.1) is 0 Å². The van der Waals surface area contributed by atoms with Crippen molar-refractivity contribution in [2.75, 3.05) is 0 Å². The number of carbonyl (C=O) groups is 2. The molecule has 0 aliphatic heterocycles. The van der Waals surface area contributed by atoms with Gasteiger partial charge in [0.15, 0.2) is 0 Å². The standard InChI is InChI=1S/C19H22O3Si/c1-14(23(2,3)4)22-19(21)18-8-6-5-7-17(18)16-11-9-15(13-20)10-12-16/h5-14H,1-4H3. The van der Waals surface area contributed by atoms with Crippen LogP contribution in [0.5, 0.6) is 0 Å². The first-order valence-electron chi connectivity index (χ1n) is 7.68. The van der Waals surface area contributed by atoms with Crippen LogP contribution in [0.1, 0.15) is 27.6 Å². The summed E-state index contributed by atoms with van der Waals surface area (Å²) in [5, 5.41) is 0. The van der Waals surface area contributed by atoms with E-state index >= 15 is 0 Å². The van der Waals surface area contributed by atoms with Gasteiger partial charge in [-0.15, -0.1) is 0 Å². The summed E-state index contributed by atoms with van der Waals surface area (Å²) in [7, 11) is -1.55. The van der Waals surface area contributed by atoms with Crippen molar-refractivity contribution in [2.45, 2.75) is 32.3 Å². The highest BCUT2D eigenvalue weighted by Gasteiger charge is 2.27. The molecule has 0 radical (unpaired) electrons. The number of benzene rings is 2. The molecular formula is C19H22O3Si. The second-order valence-electron chi connectivity index (χ2n) is 6.70. The van der Waals surface area contributed by atoms with Gasteiger partial charge in [-0.3, -0.25) is 4.79 Å². The van der Waals surface area contributed by atoms with Crippen LogP contribution in [0.25, 0.3) is 11.1 Å². The third kappa shape index (κ3) is 4.17. The third-order valence-electron chi connectivity index (χ3n) is 4.01. The SMILES string of the molecule is CC(OC(=O)c1ccccc1-c1ccc(C=O)cc1)[Si](C)(C)C. The number of esters is 1. The van der Waals surface area contributed by atoms with Crippen LogP contribution >= 0.6 is 0 Å². The molecular weight excluding hydrogens is 304 g/mol. The van der Waals surface area contributed by atoms with Gasteiger partial charge in [0.1, 0.15) is 6.29 Å². The van der Waals surface area contributed by atoms with Gasteiger partial charge in [0.05, 0.1) is 19.4 Å². The van der Waals surface area contributed by atoms with Crippen molar-refractivity contribution in [1.29, 1.82) is 0 Å². The Bertz CT molecular complexity index is 699. The van der Waals surface area contributed by atoms with E-state index in [1.165, 1.54) is 0 Å². The van der Waals surface area contributed by atoms with Crippen molar-refractivity contribution in [3.05, 3.63) is 59.7 Å². The number of rotatable bonds is 5. The fraction of sp³-hybridized carbons (Fsp3) is 0.263. The Morgan fingerprint density at radius 2 is 1.65 bits per heavy atom. The molecule has 120 valence electrons. The minimum absolute atomic E-state index is 0.0551. The molecule has 0 aliphatic carbocycles. The van der Waals surface area contributed by atoms with Crippen molar-refractivity contribution in [3.63, 3.8) is 0 Å². The van der Waals surface area contributed by atoms with Crippen LogP contribution < -0.4 is 0 Å². The van der Waals surface area contributed by atoms with Crippen molar-refractivity contribution in [2.24, 2.45) is 0 Å². The Balaban J connectivity index is 2.33. The molecule has 2 rings (SSSR count). The summed E-state index contributed by atoms with van der Waals surface area (Å²) in [6.45, 7) is 8.49. The molecule has 1 unspecified atom stereocenters. The molecule has 0 amide bonds. The molecule has 2 aromatic carbocycles. The van der Waals surface area contributed by atoms with E-state index in [1.54, 1.807) is 18.2 Å². The maximum Gasteiger partial charge on any atom is 0.338 e. The lowest BCUT2D eigenvalue weighted by molar-refractivity contribution is 0.0456. The van der Waals surface area contributed by atoms with Crippen molar-refractivity contribution in [1.82, 2.24) is 0 Å². The highest BCUT2D eigenvalue weighted by Crippen LogP contribution is 2.25. The van der Waals surface area contributed by atoms with E-state index in [2.05, 4.69) is 19.6 Å². The number of hydrogen-bond donors (Lipinski definition) is 0. The van der Waals surface area contributed by atoms with Gasteiger partial charge >= 0.3 is 5.97 Å². The monoisotopic (exact) mass is 326 g/mol. The molecule has 0 saturated heterocycles. The minimum Gasteiger partial charge on any atom is -0.463 e. The molecule has 0 bridgehead atoms. The van der Waals surface area contributed by atoms with E-state index in [9.17, 15) is 9.59 Å². The van der Waals surface area contributed by atoms with Gasteiger partial charge < -0.3 is 4.74 Å². The van der Waals surface area contributed by atoms with Gasteiger partial charge in [-0.2, -0.15) is 0 Å². The molecule has 2 aromatic rings. The maximum absolute atomic E-state index is 12.6. The molecule has 0 fully saturated rings. The summed E-state index contributed by atoms with van der Waals surface area (Å²) in [6, 6.07) is 14.6. The zero-order chi connectivity index (χ0) is 17.0. The maximum atomic E-state index is 12.6. The Morgan fingerprint density at radius 3 is 2.22 bits per heavy atom. The molecule has 23 heavy (non-hydrogen) atoms. The fourth-order valence-corrected chi connectivity index (χ4v) is 2.52. The van der Waals surface area contributed by atoms with Crippen molar-refractivity contribution in [3.8, 4) is 11.1 Å². The summed E-state index contributed by atoms with van der Waals surface area (Å²) in [5.74, 6) is -0.296. The second-order valence-corrected chi connectivity index (χ2v) is 12.2. The normalized spacial score (nSPS) is 12.5. The summed E-state index contributed by atoms with van der Waals surface area (Å²) in [4.78, 5) is 23.3. The van der Waals surface area contributed by atoms with Crippen molar-refractivity contribution >= 4 is 20.3 Å². The van der Waals surface area contributed by atoms with Gasteiger partial charge in [-0.1, -0.05) is 62.1 Å². The Kier molecular flexibility index (Phi) is 5.16. The first-order valence-corrected chi connectivity index (χ1v) is 11.3. The predicted octanol–water partition coefficient (Wildman–Crippen LogP) is 4.59. The quantitative estimate of drug-likeness (QED) is 0.458. The molecule has 3 nitrogen and oxygen atoms in total. The summed E-state index contributed by atoms with van der Waals surface area (Å²) in [5.41, 5.74) is 2.82. The molecule has 0 heterocycles. The van der Waals surface area contributed by atoms with Crippen LogP contribution in [0.15, 0.2) is 48.5 Å². The Labute approximate surface area is 138 Å². The number of carbonyl (C=O) groups excluding carboxylic acids is 2. The largest absolute Gasteiger partial charge is 0.463 e. The molecule has 0 aromatic heterocycles. The predicted molar refractivity (Wildman–Crippen MR) is 95.5 cm³/mol. The second kappa shape index (κ2) is 6.92. The average Bonchev–Trinajstić information content (AvgIpc) is 2.54. The lowest BCUT2D eigenvalue weighted by Crippen LogP contribution is -2.39. The molecule has 0 saturated carbocycles. The van der Waals surface area contributed by atoms with E-state index < -0.39 is 8.07 Å². The molecule has 0 spiro atoms. The van der Waals surface area contributed by atoms with E-state index in [0.717, 1.165) is 17.4 Å². The molecule has 4 heteroatoms. The first-order chi connectivity index (χ1) is 10.8. The molecule has 0 N–H and O–H groups in total. The van der Waals surface area contributed by atoms with E-state index in [0.29, 0.717) is 11.1 Å². The van der Waals surface area contributed by atoms with Crippen LogP contribution in [-0.2, 0) is 4.74 Å². The van der Waals surface area contributed by atoms with Crippen LogP contribution in [-0.4, -0.2) is 26.1 Å². The number of ether oxygens (including phenoxy) is 1. The number of aldehydes is 1. The average molecular weight is 326 g/mol. The first kappa shape index (κ1) is 17.2. The summed E-state index contributed by atoms with van der Waals surface area (Å²) >= 11 is 0. The van der Waals surface area contributed by atoms with Gasteiger partial charge in [0, 0.05) is 5.56 Å². The van der Waals surface area contributed by atoms with Crippen molar-refractivity contribution < 1.29 is 14.3 Å². The number of hydrogen-bond acceptors (Lipinski definition) is 3. The van der Waals surface area contributed by atoms with Crippen LogP contribution in [0.3, 0.4) is 0 Å². The third-order valence-corrected chi connectivity index (χ3v) is 6.57. The zero-order valence-corrected chi connectivity index (χ0v) is 15.0. The topological polar surface area (TPSA) is 43.4 Å². The summed E-state index contributed by atoms with van der Waals surface area (Å²) in [6.07, 6.45) is 0.805. The Morgan fingerprint density at radius 1 is 1.04 bits per heavy atom. The van der Waals surface area contributed by atoms with Gasteiger partial charge in [-0.05, 0) is 24.1 Å². The molecule has 0 aliphatic rings. The van der Waals surface area contributed by atoms with E-state index in [4.69, 9.17) is 4.74 Å². The van der Waals surface area contributed by atoms with Crippen LogP contribution in [0.2, 0.25) is 19.6 Å². The zero-order valence-electron chi connectivity index (χ0n) is 14.0. The molecule has 1 atom stereocenters. The fourth-order valence-electron chi connectivity index (χ4n) is 2.05. The highest BCUT2D eigenvalue weighted by molar-refractivity contribution is 6.77. The lowest BCUT2D eigenvalue weighted by Gasteiger charge is -2.25. The van der Waals surface area contributed by atoms with E-state index in [1.807, 2.05) is 37.3 Å². The smallest absolute Gasteiger partial charge is 0.338 e.